The van der Waals surface area contributed by atoms with Crippen LogP contribution in [0, 0.1) is 6.92 Å². The summed E-state index contributed by atoms with van der Waals surface area (Å²) in [7, 11) is 1.54. The molecule has 20 heavy (non-hydrogen) atoms. The molecule has 0 aliphatic heterocycles. The summed E-state index contributed by atoms with van der Waals surface area (Å²) in [6.45, 7) is 1.98. The summed E-state index contributed by atoms with van der Waals surface area (Å²) in [5.74, 6) is 0.00206. The van der Waals surface area contributed by atoms with E-state index in [-0.39, 0.29) is 12.3 Å². The molecule has 0 saturated carbocycles. The van der Waals surface area contributed by atoms with Gasteiger partial charge in [0, 0.05) is 17.8 Å². The molecule has 0 spiro atoms. The van der Waals surface area contributed by atoms with Crippen LogP contribution in [0.15, 0.2) is 30.6 Å². The summed E-state index contributed by atoms with van der Waals surface area (Å²) in [5, 5.41) is 9.04. The lowest BCUT2D eigenvalue weighted by Gasteiger charge is -2.10. The molecule has 2 aromatic heterocycles. The van der Waals surface area contributed by atoms with Gasteiger partial charge in [0.15, 0.2) is 5.69 Å². The Labute approximate surface area is 116 Å². The molecule has 0 aromatic carbocycles. The third-order valence-electron chi connectivity index (χ3n) is 2.72. The van der Waals surface area contributed by atoms with E-state index >= 15 is 0 Å². The van der Waals surface area contributed by atoms with Gasteiger partial charge in [-0.15, -0.1) is 0 Å². The Balaban J connectivity index is 2.15. The molecular formula is C14H14N2O4. The highest BCUT2D eigenvalue weighted by molar-refractivity contribution is 5.86. The van der Waals surface area contributed by atoms with Gasteiger partial charge < -0.3 is 14.6 Å². The fraction of sp³-hybridized carbons (Fsp3) is 0.214. The molecule has 2 heterocycles. The van der Waals surface area contributed by atoms with E-state index in [0.717, 1.165) is 5.56 Å². The van der Waals surface area contributed by atoms with Crippen LogP contribution in [0.2, 0.25) is 0 Å². The summed E-state index contributed by atoms with van der Waals surface area (Å²) >= 11 is 0. The maximum atomic E-state index is 11.0. The number of aromatic nitrogens is 2. The van der Waals surface area contributed by atoms with Crippen molar-refractivity contribution in [3.63, 3.8) is 0 Å². The Kier molecular flexibility index (Phi) is 4.14. The van der Waals surface area contributed by atoms with Crippen molar-refractivity contribution in [1.82, 2.24) is 9.97 Å². The first kappa shape index (κ1) is 13.8. The minimum Gasteiger partial charge on any atom is -0.487 e. The molecule has 1 N–H and O–H groups in total. The number of rotatable bonds is 5. The van der Waals surface area contributed by atoms with Crippen molar-refractivity contribution in [2.45, 2.75) is 13.5 Å². The maximum Gasteiger partial charge on any atom is 0.354 e. The standard InChI is InChI=1S/C14H14N2O4/c1-9-6-12(19-2)16-7-11(9)20-8-10-4-3-5-15-13(10)14(17)18/h3-7H,8H2,1-2H3,(H,17,18). The van der Waals surface area contributed by atoms with Gasteiger partial charge in [0.1, 0.15) is 12.4 Å². The number of pyridine rings is 2. The van der Waals surface area contributed by atoms with Crippen LogP contribution in [0.25, 0.3) is 0 Å². The van der Waals surface area contributed by atoms with Crippen molar-refractivity contribution in [1.29, 1.82) is 0 Å². The average molecular weight is 274 g/mol. The first-order chi connectivity index (χ1) is 9.61. The Morgan fingerprint density at radius 1 is 1.40 bits per heavy atom. The number of aromatic carboxylic acids is 1. The zero-order chi connectivity index (χ0) is 14.5. The average Bonchev–Trinajstić information content (AvgIpc) is 2.46. The Hall–Kier alpha value is -2.63. The minimum absolute atomic E-state index is 0.00776. The molecule has 2 rings (SSSR count). The van der Waals surface area contributed by atoms with Crippen LogP contribution in [0.4, 0.5) is 0 Å². The van der Waals surface area contributed by atoms with Gasteiger partial charge in [-0.1, -0.05) is 6.07 Å². The number of carboxylic acid groups (broad SMARTS) is 1. The highest BCUT2D eigenvalue weighted by Gasteiger charge is 2.12. The maximum absolute atomic E-state index is 11.0. The zero-order valence-electron chi connectivity index (χ0n) is 11.2. The molecule has 0 amide bonds. The van der Waals surface area contributed by atoms with Crippen molar-refractivity contribution in [2.24, 2.45) is 0 Å². The monoisotopic (exact) mass is 274 g/mol. The third-order valence-corrected chi connectivity index (χ3v) is 2.72. The first-order valence-corrected chi connectivity index (χ1v) is 5.92. The molecule has 0 aliphatic rings. The summed E-state index contributed by atoms with van der Waals surface area (Å²) in [5.41, 5.74) is 1.36. The lowest BCUT2D eigenvalue weighted by atomic mass is 10.2. The fourth-order valence-electron chi connectivity index (χ4n) is 1.68. The van der Waals surface area contributed by atoms with Gasteiger partial charge in [-0.3, -0.25) is 0 Å². The van der Waals surface area contributed by atoms with Crippen molar-refractivity contribution < 1.29 is 19.4 Å². The van der Waals surface area contributed by atoms with Gasteiger partial charge in [-0.25, -0.2) is 14.8 Å². The molecule has 2 aromatic rings. The van der Waals surface area contributed by atoms with E-state index in [1.54, 1.807) is 24.4 Å². The van der Waals surface area contributed by atoms with Crippen molar-refractivity contribution >= 4 is 5.97 Å². The van der Waals surface area contributed by atoms with Crippen LogP contribution in [0.1, 0.15) is 21.6 Å². The topological polar surface area (TPSA) is 81.5 Å². The van der Waals surface area contributed by atoms with Crippen LogP contribution in [0.3, 0.4) is 0 Å². The summed E-state index contributed by atoms with van der Waals surface area (Å²) < 4.78 is 10.6. The molecule has 6 heteroatoms. The molecule has 0 aliphatic carbocycles. The molecule has 104 valence electrons. The predicted octanol–water partition coefficient (Wildman–Crippen LogP) is 2.07. The van der Waals surface area contributed by atoms with Gasteiger partial charge >= 0.3 is 5.97 Å². The second-order valence-corrected chi connectivity index (χ2v) is 4.10. The van der Waals surface area contributed by atoms with Crippen molar-refractivity contribution in [2.75, 3.05) is 7.11 Å². The molecule has 6 nitrogen and oxygen atoms in total. The number of hydrogen-bond donors (Lipinski definition) is 1. The van der Waals surface area contributed by atoms with E-state index in [2.05, 4.69) is 9.97 Å². The number of hydrogen-bond acceptors (Lipinski definition) is 5. The number of nitrogens with zero attached hydrogens (tertiary/aromatic N) is 2. The molecule has 0 atom stereocenters. The number of ether oxygens (including phenoxy) is 2. The van der Waals surface area contributed by atoms with E-state index < -0.39 is 5.97 Å². The van der Waals surface area contributed by atoms with Crippen LogP contribution in [-0.2, 0) is 6.61 Å². The Morgan fingerprint density at radius 3 is 2.85 bits per heavy atom. The fourth-order valence-corrected chi connectivity index (χ4v) is 1.68. The predicted molar refractivity (Wildman–Crippen MR) is 71.1 cm³/mol. The summed E-state index contributed by atoms with van der Waals surface area (Å²) in [4.78, 5) is 18.9. The smallest absolute Gasteiger partial charge is 0.354 e. The van der Waals surface area contributed by atoms with Gasteiger partial charge in [-0.05, 0) is 18.6 Å². The number of carboxylic acids is 1. The van der Waals surface area contributed by atoms with Crippen LogP contribution in [-0.4, -0.2) is 28.2 Å². The van der Waals surface area contributed by atoms with E-state index in [1.807, 2.05) is 6.92 Å². The van der Waals surface area contributed by atoms with E-state index in [1.165, 1.54) is 13.3 Å². The highest BCUT2D eigenvalue weighted by Crippen LogP contribution is 2.21. The highest BCUT2D eigenvalue weighted by atomic mass is 16.5. The van der Waals surface area contributed by atoms with Crippen LogP contribution < -0.4 is 9.47 Å². The largest absolute Gasteiger partial charge is 0.487 e. The molecule has 0 bridgehead atoms. The first-order valence-electron chi connectivity index (χ1n) is 5.92. The molecule has 0 fully saturated rings. The molecular weight excluding hydrogens is 260 g/mol. The van der Waals surface area contributed by atoms with Crippen molar-refractivity contribution in [3.8, 4) is 11.6 Å². The lowest BCUT2D eigenvalue weighted by Crippen LogP contribution is -2.08. The van der Waals surface area contributed by atoms with Gasteiger partial charge in [0.25, 0.3) is 0 Å². The second-order valence-electron chi connectivity index (χ2n) is 4.10. The minimum atomic E-state index is -1.08. The van der Waals surface area contributed by atoms with E-state index in [0.29, 0.717) is 17.2 Å². The van der Waals surface area contributed by atoms with Gasteiger partial charge in [-0.2, -0.15) is 0 Å². The number of methoxy groups -OCH3 is 1. The Morgan fingerprint density at radius 2 is 2.20 bits per heavy atom. The van der Waals surface area contributed by atoms with Gasteiger partial charge in [0.2, 0.25) is 5.88 Å². The Bertz CT molecular complexity index is 628. The van der Waals surface area contributed by atoms with E-state index in [9.17, 15) is 4.79 Å². The quantitative estimate of drug-likeness (QED) is 0.898. The molecule has 0 unspecified atom stereocenters. The van der Waals surface area contributed by atoms with Crippen LogP contribution in [0.5, 0.6) is 11.6 Å². The second kappa shape index (κ2) is 6.01. The summed E-state index contributed by atoms with van der Waals surface area (Å²) in [6, 6.07) is 5.09. The van der Waals surface area contributed by atoms with Crippen molar-refractivity contribution in [3.05, 3.63) is 47.4 Å². The molecule has 0 saturated heterocycles. The lowest BCUT2D eigenvalue weighted by molar-refractivity contribution is 0.0687. The SMILES string of the molecule is COc1cc(C)c(OCc2cccnc2C(=O)O)cn1. The number of aryl methyl sites for hydroxylation is 1. The zero-order valence-corrected chi connectivity index (χ0v) is 11.2. The molecule has 0 radical (unpaired) electrons. The third kappa shape index (κ3) is 3.03. The van der Waals surface area contributed by atoms with E-state index in [4.69, 9.17) is 14.6 Å². The summed E-state index contributed by atoms with van der Waals surface area (Å²) in [6.07, 6.45) is 2.98. The number of carbonyl (C=O) groups is 1. The normalized spacial score (nSPS) is 10.1. The van der Waals surface area contributed by atoms with Crippen LogP contribution >= 0.6 is 0 Å². The van der Waals surface area contributed by atoms with Gasteiger partial charge in [0.05, 0.1) is 13.3 Å².